The van der Waals surface area contributed by atoms with Crippen molar-refractivity contribution in [1.29, 1.82) is 0 Å². The minimum Gasteiger partial charge on any atom is -0.457 e. The van der Waals surface area contributed by atoms with E-state index in [-0.39, 0.29) is 19.6 Å². The molecular formula is C49H92O12S. The van der Waals surface area contributed by atoms with Gasteiger partial charge in [-0.25, -0.2) is 4.18 Å². The van der Waals surface area contributed by atoms with Crippen molar-refractivity contribution in [2.45, 2.75) is 256 Å². The first-order valence-electron chi connectivity index (χ1n) is 25.1. The van der Waals surface area contributed by atoms with Gasteiger partial charge in [0.25, 0.3) is 0 Å². The molecule has 0 amide bonds. The van der Waals surface area contributed by atoms with Crippen LogP contribution >= 0.6 is 0 Å². The molecule has 1 heterocycles. The van der Waals surface area contributed by atoms with Crippen molar-refractivity contribution in [2.24, 2.45) is 0 Å². The molecule has 0 radical (unpaired) electrons. The van der Waals surface area contributed by atoms with Crippen LogP contribution in [0.1, 0.15) is 219 Å². The van der Waals surface area contributed by atoms with Crippen LogP contribution in [-0.4, -0.2) is 97.5 Å². The van der Waals surface area contributed by atoms with Crippen LogP contribution in [0.15, 0.2) is 24.3 Å². The summed E-state index contributed by atoms with van der Waals surface area (Å²) in [5.41, 5.74) is 0. The molecule has 1 rings (SSSR count). The van der Waals surface area contributed by atoms with E-state index < -0.39 is 59.8 Å². The predicted molar refractivity (Wildman–Crippen MR) is 248 cm³/mol. The lowest BCUT2D eigenvalue weighted by molar-refractivity contribution is -0.301. The summed E-state index contributed by atoms with van der Waals surface area (Å²) in [7, 11) is -5.06. The van der Waals surface area contributed by atoms with Crippen molar-refractivity contribution in [3.63, 3.8) is 0 Å². The first kappa shape index (κ1) is 58.6. The third kappa shape index (κ3) is 34.0. The Kier molecular flexibility index (Phi) is 38.8. The zero-order valence-corrected chi connectivity index (χ0v) is 40.0. The number of aliphatic hydroxyl groups is 3. The maximum absolute atomic E-state index is 12.9. The molecule has 1 saturated heterocycles. The van der Waals surface area contributed by atoms with Crippen LogP contribution in [0.25, 0.3) is 0 Å². The molecule has 6 atom stereocenters. The summed E-state index contributed by atoms with van der Waals surface area (Å²) in [6.45, 7) is 3.98. The summed E-state index contributed by atoms with van der Waals surface area (Å²) < 4.78 is 59.2. The van der Waals surface area contributed by atoms with Crippen molar-refractivity contribution in [1.82, 2.24) is 0 Å². The van der Waals surface area contributed by atoms with Gasteiger partial charge in [-0.15, -0.1) is 0 Å². The molecule has 13 heteroatoms. The van der Waals surface area contributed by atoms with Crippen LogP contribution in [0.4, 0.5) is 0 Å². The van der Waals surface area contributed by atoms with E-state index in [4.69, 9.17) is 18.9 Å². The van der Waals surface area contributed by atoms with Gasteiger partial charge in [0, 0.05) is 13.0 Å². The van der Waals surface area contributed by atoms with E-state index in [2.05, 4.69) is 42.3 Å². The van der Waals surface area contributed by atoms with Gasteiger partial charge in [0.2, 0.25) is 0 Å². The van der Waals surface area contributed by atoms with Crippen molar-refractivity contribution >= 4 is 16.4 Å². The highest BCUT2D eigenvalue weighted by atomic mass is 32.3. The number of hydrogen-bond acceptors (Lipinski definition) is 11. The fourth-order valence-corrected chi connectivity index (χ4v) is 8.27. The standard InChI is InChI=1S/C49H92O12S/c1-3-5-7-9-11-13-15-17-19-21-22-23-24-26-28-30-32-34-36-38-45(51)59-43(42-58-49-47(53)48(61-62(54,55)56)46(52)44(40-50)60-49)41-57-39-37-35-33-31-29-27-25-20-18-16-14-12-10-8-6-4-2/h12,14,18,20,43-44,46-50,52-53H,3-11,13,15-17,19,21-42H2,1-2H3,(H,54,55,56)/b14-12-,20-18-. The number of carbonyl (C=O) groups is 1. The number of esters is 1. The zero-order valence-electron chi connectivity index (χ0n) is 39.2. The predicted octanol–water partition coefficient (Wildman–Crippen LogP) is 11.2. The van der Waals surface area contributed by atoms with Crippen molar-refractivity contribution in [3.8, 4) is 0 Å². The Morgan fingerprint density at radius 1 is 0.613 bits per heavy atom. The van der Waals surface area contributed by atoms with Crippen LogP contribution < -0.4 is 0 Å². The maximum Gasteiger partial charge on any atom is 0.397 e. The van der Waals surface area contributed by atoms with Crippen molar-refractivity contribution in [3.05, 3.63) is 24.3 Å². The summed E-state index contributed by atoms with van der Waals surface area (Å²) in [4.78, 5) is 12.9. The van der Waals surface area contributed by atoms with Crippen molar-refractivity contribution in [2.75, 3.05) is 26.4 Å². The average Bonchev–Trinajstić information content (AvgIpc) is 3.24. The number of hydrogen-bond donors (Lipinski definition) is 4. The molecule has 366 valence electrons. The Balaban J connectivity index is 2.37. The number of carbonyl (C=O) groups excluding carboxylic acids is 1. The van der Waals surface area contributed by atoms with E-state index in [0.717, 1.165) is 57.8 Å². The van der Waals surface area contributed by atoms with E-state index in [0.29, 0.717) is 13.0 Å². The van der Waals surface area contributed by atoms with Crippen LogP contribution in [0, 0.1) is 0 Å². The molecule has 6 unspecified atom stereocenters. The monoisotopic (exact) mass is 905 g/mol. The Morgan fingerprint density at radius 2 is 1.06 bits per heavy atom. The van der Waals surface area contributed by atoms with Gasteiger partial charge in [-0.1, -0.05) is 192 Å². The summed E-state index contributed by atoms with van der Waals surface area (Å²) in [6, 6.07) is 0. The number of rotatable bonds is 44. The van der Waals surface area contributed by atoms with Gasteiger partial charge in [0.05, 0.1) is 19.8 Å². The van der Waals surface area contributed by atoms with Crippen molar-refractivity contribution < 1.29 is 56.2 Å². The molecule has 4 N–H and O–H groups in total. The SMILES string of the molecule is CCCCC/C=C\C/C=C\CCCCCCCCOCC(COC1OC(CO)C(O)C(OS(=O)(=O)O)C1O)OC(=O)CCCCCCCCCCCCCCCCCCCCC. The summed E-state index contributed by atoms with van der Waals surface area (Å²) in [5, 5.41) is 30.7. The largest absolute Gasteiger partial charge is 0.457 e. The third-order valence-corrected chi connectivity index (χ3v) is 12.0. The molecule has 0 aromatic heterocycles. The molecule has 1 aliphatic rings. The lowest BCUT2D eigenvalue weighted by Gasteiger charge is -2.41. The second kappa shape index (κ2) is 41.0. The molecule has 62 heavy (non-hydrogen) atoms. The molecule has 1 fully saturated rings. The maximum atomic E-state index is 12.9. The zero-order chi connectivity index (χ0) is 45.4. The van der Waals surface area contributed by atoms with E-state index in [1.165, 1.54) is 135 Å². The number of unbranched alkanes of at least 4 members (excludes halogenated alkanes) is 27. The number of ether oxygens (including phenoxy) is 4. The first-order valence-corrected chi connectivity index (χ1v) is 26.5. The molecule has 1 aliphatic heterocycles. The van der Waals surface area contributed by atoms with Crippen LogP contribution in [-0.2, 0) is 38.3 Å². The smallest absolute Gasteiger partial charge is 0.397 e. The highest BCUT2D eigenvalue weighted by molar-refractivity contribution is 7.80. The fourth-order valence-electron chi connectivity index (χ4n) is 7.76. The van der Waals surface area contributed by atoms with Gasteiger partial charge >= 0.3 is 16.4 Å². The minimum absolute atomic E-state index is 0.0328. The second-order valence-electron chi connectivity index (χ2n) is 17.4. The summed E-state index contributed by atoms with van der Waals surface area (Å²) >= 11 is 0. The Labute approximate surface area is 378 Å². The minimum atomic E-state index is -5.06. The Morgan fingerprint density at radius 3 is 1.56 bits per heavy atom. The number of allylic oxidation sites excluding steroid dienone is 4. The molecule has 0 aliphatic carbocycles. The van der Waals surface area contributed by atoms with Crippen LogP contribution in [0.2, 0.25) is 0 Å². The summed E-state index contributed by atoms with van der Waals surface area (Å²) in [6.07, 6.45) is 37.8. The molecular weight excluding hydrogens is 813 g/mol. The van der Waals surface area contributed by atoms with Crippen LogP contribution in [0.3, 0.4) is 0 Å². The fraction of sp³-hybridized carbons (Fsp3) is 0.898. The van der Waals surface area contributed by atoms with E-state index >= 15 is 0 Å². The highest BCUT2D eigenvalue weighted by Gasteiger charge is 2.48. The normalized spacial score (nSPS) is 20.1. The molecule has 0 aromatic carbocycles. The van der Waals surface area contributed by atoms with Gasteiger partial charge in [-0.05, 0) is 44.9 Å². The van der Waals surface area contributed by atoms with Gasteiger partial charge in [-0.2, -0.15) is 8.42 Å². The van der Waals surface area contributed by atoms with Crippen LogP contribution in [0.5, 0.6) is 0 Å². The Hall–Kier alpha value is -1.42. The lowest BCUT2D eigenvalue weighted by Crippen LogP contribution is -2.60. The average molecular weight is 905 g/mol. The quantitative estimate of drug-likeness (QED) is 0.0197. The molecule has 0 aromatic rings. The first-order chi connectivity index (χ1) is 30.1. The summed E-state index contributed by atoms with van der Waals surface area (Å²) in [5.74, 6) is -0.399. The van der Waals surface area contributed by atoms with E-state index in [1.54, 1.807) is 0 Å². The molecule has 12 nitrogen and oxygen atoms in total. The van der Waals surface area contributed by atoms with Gasteiger partial charge in [0.1, 0.15) is 30.5 Å². The van der Waals surface area contributed by atoms with Gasteiger partial charge < -0.3 is 34.3 Å². The van der Waals surface area contributed by atoms with Gasteiger partial charge in [-0.3, -0.25) is 9.35 Å². The lowest BCUT2D eigenvalue weighted by atomic mass is 9.99. The Bertz CT molecular complexity index is 1180. The number of aliphatic hydroxyl groups excluding tert-OH is 3. The van der Waals surface area contributed by atoms with E-state index in [1.807, 2.05) is 0 Å². The second-order valence-corrected chi connectivity index (χ2v) is 18.5. The third-order valence-electron chi connectivity index (χ3n) is 11.6. The van der Waals surface area contributed by atoms with Gasteiger partial charge in [0.15, 0.2) is 6.29 Å². The van der Waals surface area contributed by atoms with E-state index in [9.17, 15) is 33.1 Å². The topological polar surface area (TPSA) is 178 Å². The molecule has 0 spiro atoms. The molecule has 0 saturated carbocycles. The molecule has 0 bridgehead atoms. The highest BCUT2D eigenvalue weighted by Crippen LogP contribution is 2.26.